The summed E-state index contributed by atoms with van der Waals surface area (Å²) in [7, 11) is 1.56. The predicted octanol–water partition coefficient (Wildman–Crippen LogP) is 3.56. The molecule has 1 N–H and O–H groups in total. The Hall–Kier alpha value is -1.85. The number of benzene rings is 1. The van der Waals surface area contributed by atoms with Crippen molar-refractivity contribution in [2.45, 2.75) is 6.92 Å². The van der Waals surface area contributed by atoms with E-state index in [1.165, 1.54) is 11.3 Å². The van der Waals surface area contributed by atoms with Crippen LogP contribution in [0.2, 0.25) is 4.34 Å². The van der Waals surface area contributed by atoms with Gasteiger partial charge in [0, 0.05) is 5.56 Å². The molecule has 2 aromatic rings. The van der Waals surface area contributed by atoms with Crippen molar-refractivity contribution in [2.75, 3.05) is 7.11 Å². The molecule has 1 aromatic heterocycles. The number of thiophene rings is 1. The summed E-state index contributed by atoms with van der Waals surface area (Å²) < 4.78 is 5.76. The number of carbonyl (C=O) groups is 1. The molecule has 0 fully saturated rings. The van der Waals surface area contributed by atoms with Crippen molar-refractivity contribution in [3.63, 3.8) is 0 Å². The van der Waals surface area contributed by atoms with E-state index in [2.05, 4.69) is 10.5 Å². The smallest absolute Gasteiger partial charge is 0.271 e. The van der Waals surface area contributed by atoms with Gasteiger partial charge in [-0.05, 0) is 37.3 Å². The molecule has 1 amide bonds. The summed E-state index contributed by atoms with van der Waals surface area (Å²) in [6, 6.07) is 10.5. The minimum absolute atomic E-state index is 0.286. The zero-order valence-electron chi connectivity index (χ0n) is 11.0. The first-order valence-electron chi connectivity index (χ1n) is 5.84. The van der Waals surface area contributed by atoms with Gasteiger partial charge in [0.05, 0.1) is 22.0 Å². The average Bonchev–Trinajstić information content (AvgIpc) is 2.91. The lowest BCUT2D eigenvalue weighted by molar-refractivity contribution is 0.0954. The molecule has 104 valence electrons. The number of halogens is 1. The summed E-state index contributed by atoms with van der Waals surface area (Å²) in [6.45, 7) is 1.81. The molecule has 2 rings (SSSR count). The van der Waals surface area contributed by atoms with Gasteiger partial charge in [-0.15, -0.1) is 11.3 Å². The van der Waals surface area contributed by atoms with Crippen molar-refractivity contribution in [1.82, 2.24) is 5.43 Å². The molecule has 0 atom stereocenters. The summed E-state index contributed by atoms with van der Waals surface area (Å²) in [4.78, 5) is 12.9. The zero-order valence-corrected chi connectivity index (χ0v) is 12.6. The lowest BCUT2D eigenvalue weighted by atomic mass is 10.2. The third-order valence-electron chi connectivity index (χ3n) is 2.59. The Balaban J connectivity index is 2.07. The number of nitrogens with one attached hydrogen (secondary N) is 1. The highest BCUT2D eigenvalue weighted by atomic mass is 35.5. The lowest BCUT2D eigenvalue weighted by Crippen LogP contribution is -2.19. The normalized spacial score (nSPS) is 11.2. The first kappa shape index (κ1) is 14.6. The van der Waals surface area contributed by atoms with Crippen molar-refractivity contribution in [2.24, 2.45) is 5.10 Å². The maximum absolute atomic E-state index is 12.0. The highest BCUT2D eigenvalue weighted by molar-refractivity contribution is 7.18. The first-order valence-corrected chi connectivity index (χ1v) is 7.04. The van der Waals surface area contributed by atoms with Crippen LogP contribution in [0.4, 0.5) is 0 Å². The minimum atomic E-state index is -0.286. The largest absolute Gasteiger partial charge is 0.497 e. The molecule has 0 spiro atoms. The average molecular weight is 309 g/mol. The maximum atomic E-state index is 12.0. The third kappa shape index (κ3) is 3.59. The standard InChI is InChI=1S/C14H13ClN2O2S/c1-9(12-6-7-13(15)20-12)16-17-14(18)10-4-3-5-11(8-10)19-2/h3-8H,1-2H3,(H,17,18)/b16-9+. The number of hydrazone groups is 1. The third-order valence-corrected chi connectivity index (χ3v) is 3.93. The second-order valence-electron chi connectivity index (χ2n) is 3.97. The molecule has 0 unspecified atom stereocenters. The number of amides is 1. The van der Waals surface area contributed by atoms with Crippen LogP contribution >= 0.6 is 22.9 Å². The van der Waals surface area contributed by atoms with Gasteiger partial charge in [-0.3, -0.25) is 4.79 Å². The van der Waals surface area contributed by atoms with Crippen LogP contribution in [-0.2, 0) is 0 Å². The van der Waals surface area contributed by atoms with Gasteiger partial charge in [-0.2, -0.15) is 5.10 Å². The number of ether oxygens (including phenoxy) is 1. The summed E-state index contributed by atoms with van der Waals surface area (Å²) in [5, 5.41) is 4.07. The molecule has 0 aliphatic heterocycles. The van der Waals surface area contributed by atoms with E-state index >= 15 is 0 Å². The maximum Gasteiger partial charge on any atom is 0.271 e. The fourth-order valence-corrected chi connectivity index (χ4v) is 2.52. The number of nitrogens with zero attached hydrogens (tertiary/aromatic N) is 1. The van der Waals surface area contributed by atoms with Crippen molar-refractivity contribution in [3.8, 4) is 5.75 Å². The molecular weight excluding hydrogens is 296 g/mol. The summed E-state index contributed by atoms with van der Waals surface area (Å²) in [5.74, 6) is 0.342. The Morgan fingerprint density at radius 3 is 2.80 bits per heavy atom. The van der Waals surface area contributed by atoms with E-state index in [1.54, 1.807) is 37.4 Å². The fourth-order valence-electron chi connectivity index (χ4n) is 1.53. The van der Waals surface area contributed by atoms with Crippen molar-refractivity contribution in [1.29, 1.82) is 0 Å². The van der Waals surface area contributed by atoms with Crippen LogP contribution in [0.15, 0.2) is 41.5 Å². The SMILES string of the molecule is COc1cccc(C(=O)N/N=C(\C)c2ccc(Cl)s2)c1. The quantitative estimate of drug-likeness (QED) is 0.693. The Morgan fingerprint density at radius 1 is 1.35 bits per heavy atom. The molecule has 20 heavy (non-hydrogen) atoms. The van der Waals surface area contributed by atoms with Gasteiger partial charge < -0.3 is 4.74 Å². The van der Waals surface area contributed by atoms with Crippen LogP contribution in [-0.4, -0.2) is 18.7 Å². The number of hydrogen-bond donors (Lipinski definition) is 1. The summed E-state index contributed by atoms with van der Waals surface area (Å²) >= 11 is 7.27. The van der Waals surface area contributed by atoms with Crippen LogP contribution in [0.5, 0.6) is 5.75 Å². The van der Waals surface area contributed by atoms with Gasteiger partial charge in [0.2, 0.25) is 0 Å². The number of rotatable bonds is 4. The number of hydrogen-bond acceptors (Lipinski definition) is 4. The van der Waals surface area contributed by atoms with Crippen LogP contribution in [0.1, 0.15) is 22.2 Å². The lowest BCUT2D eigenvalue weighted by Gasteiger charge is -2.03. The van der Waals surface area contributed by atoms with Crippen LogP contribution in [0.25, 0.3) is 0 Å². The molecule has 0 saturated heterocycles. The van der Waals surface area contributed by atoms with Gasteiger partial charge in [0.25, 0.3) is 5.91 Å². The second-order valence-corrected chi connectivity index (χ2v) is 5.69. The highest BCUT2D eigenvalue weighted by Crippen LogP contribution is 2.21. The topological polar surface area (TPSA) is 50.7 Å². The minimum Gasteiger partial charge on any atom is -0.497 e. The number of carbonyl (C=O) groups excluding carboxylic acids is 1. The molecule has 0 bridgehead atoms. The van der Waals surface area contributed by atoms with E-state index in [0.29, 0.717) is 21.4 Å². The number of methoxy groups -OCH3 is 1. The monoisotopic (exact) mass is 308 g/mol. The molecule has 0 saturated carbocycles. The van der Waals surface area contributed by atoms with E-state index in [1.807, 2.05) is 13.0 Å². The van der Waals surface area contributed by atoms with E-state index < -0.39 is 0 Å². The van der Waals surface area contributed by atoms with Gasteiger partial charge in [-0.25, -0.2) is 5.43 Å². The molecule has 4 nitrogen and oxygen atoms in total. The Bertz CT molecular complexity index is 652. The molecule has 0 aliphatic rings. The van der Waals surface area contributed by atoms with E-state index in [-0.39, 0.29) is 5.91 Å². The zero-order chi connectivity index (χ0) is 14.5. The Labute approximate surface area is 126 Å². The molecule has 1 aromatic carbocycles. The van der Waals surface area contributed by atoms with Gasteiger partial charge in [0.1, 0.15) is 5.75 Å². The van der Waals surface area contributed by atoms with Gasteiger partial charge >= 0.3 is 0 Å². The summed E-state index contributed by atoms with van der Waals surface area (Å²) in [6.07, 6.45) is 0. The van der Waals surface area contributed by atoms with Crippen LogP contribution < -0.4 is 10.2 Å². The van der Waals surface area contributed by atoms with Gasteiger partial charge in [-0.1, -0.05) is 17.7 Å². The Kier molecular flexibility index (Phi) is 4.76. The van der Waals surface area contributed by atoms with Crippen molar-refractivity contribution in [3.05, 3.63) is 51.2 Å². The molecule has 0 radical (unpaired) electrons. The Morgan fingerprint density at radius 2 is 2.15 bits per heavy atom. The molecular formula is C14H13ClN2O2S. The van der Waals surface area contributed by atoms with E-state index in [4.69, 9.17) is 16.3 Å². The molecule has 0 aliphatic carbocycles. The first-order chi connectivity index (χ1) is 9.60. The van der Waals surface area contributed by atoms with Crippen LogP contribution in [0.3, 0.4) is 0 Å². The van der Waals surface area contributed by atoms with Crippen molar-refractivity contribution >= 4 is 34.6 Å². The summed E-state index contributed by atoms with van der Waals surface area (Å²) in [5.41, 5.74) is 3.71. The van der Waals surface area contributed by atoms with E-state index in [0.717, 1.165) is 4.88 Å². The van der Waals surface area contributed by atoms with Gasteiger partial charge in [0.15, 0.2) is 0 Å². The highest BCUT2D eigenvalue weighted by Gasteiger charge is 2.07. The van der Waals surface area contributed by atoms with E-state index in [9.17, 15) is 4.79 Å². The predicted molar refractivity (Wildman–Crippen MR) is 82.0 cm³/mol. The second kappa shape index (κ2) is 6.54. The van der Waals surface area contributed by atoms with Crippen molar-refractivity contribution < 1.29 is 9.53 Å². The van der Waals surface area contributed by atoms with Crippen LogP contribution in [0, 0.1) is 0 Å². The molecule has 6 heteroatoms. The fraction of sp³-hybridized carbons (Fsp3) is 0.143. The molecule has 1 heterocycles.